The van der Waals surface area contributed by atoms with E-state index in [2.05, 4.69) is 46.5 Å². The summed E-state index contributed by atoms with van der Waals surface area (Å²) < 4.78 is 0. The van der Waals surface area contributed by atoms with Gasteiger partial charge in [-0.1, -0.05) is 47.6 Å². The van der Waals surface area contributed by atoms with Crippen LogP contribution in [0.25, 0.3) is 0 Å². The summed E-state index contributed by atoms with van der Waals surface area (Å²) in [6.45, 7) is 13.0. The van der Waals surface area contributed by atoms with E-state index >= 15 is 0 Å². The molecule has 0 saturated carbocycles. The Morgan fingerprint density at radius 2 is 1.78 bits per heavy atom. The van der Waals surface area contributed by atoms with Crippen molar-refractivity contribution in [2.45, 2.75) is 65.9 Å². The molecule has 1 aromatic heterocycles. The van der Waals surface area contributed by atoms with Gasteiger partial charge in [0.1, 0.15) is 0 Å². The number of aliphatic hydroxyl groups excluding tert-OH is 1. The van der Waals surface area contributed by atoms with Crippen molar-refractivity contribution in [1.29, 1.82) is 0 Å². The van der Waals surface area contributed by atoms with Crippen LogP contribution in [0.3, 0.4) is 0 Å². The first kappa shape index (κ1) is 15.2. The summed E-state index contributed by atoms with van der Waals surface area (Å²) in [6, 6.07) is 3.91. The van der Waals surface area contributed by atoms with Gasteiger partial charge >= 0.3 is 0 Å². The van der Waals surface area contributed by atoms with Gasteiger partial charge in [0.05, 0.1) is 11.8 Å². The molecule has 0 saturated heterocycles. The number of hydrogen-bond donors (Lipinski definition) is 1. The first-order valence-corrected chi connectivity index (χ1v) is 6.75. The molecule has 0 bridgehead atoms. The maximum Gasteiger partial charge on any atom is 0.0808 e. The van der Waals surface area contributed by atoms with Gasteiger partial charge < -0.3 is 5.11 Å². The lowest BCUT2D eigenvalue weighted by Gasteiger charge is -2.25. The van der Waals surface area contributed by atoms with E-state index in [1.807, 2.05) is 12.1 Å². The van der Waals surface area contributed by atoms with Crippen molar-refractivity contribution in [2.75, 3.05) is 0 Å². The van der Waals surface area contributed by atoms with Gasteiger partial charge in [-0.15, -0.1) is 0 Å². The van der Waals surface area contributed by atoms with Gasteiger partial charge in [0, 0.05) is 17.2 Å². The topological polar surface area (TPSA) is 33.1 Å². The van der Waals surface area contributed by atoms with Crippen molar-refractivity contribution >= 4 is 0 Å². The van der Waals surface area contributed by atoms with Crippen LogP contribution in [-0.4, -0.2) is 10.1 Å². The molecule has 0 unspecified atom stereocenters. The highest BCUT2D eigenvalue weighted by molar-refractivity contribution is 5.27. The largest absolute Gasteiger partial charge is 0.388 e. The lowest BCUT2D eigenvalue weighted by atomic mass is 9.83. The minimum absolute atomic E-state index is 0.0285. The predicted molar refractivity (Wildman–Crippen MR) is 76.6 cm³/mol. The fraction of sp³-hybridized carbons (Fsp3) is 0.688. The van der Waals surface area contributed by atoms with E-state index in [0.717, 1.165) is 24.1 Å². The molecule has 2 nitrogen and oxygen atoms in total. The van der Waals surface area contributed by atoms with Crippen LogP contribution in [-0.2, 0) is 5.41 Å². The lowest BCUT2D eigenvalue weighted by Crippen LogP contribution is -2.19. The standard InChI is InChI=1S/C16H27NO/c1-15(2,3)10-9-13(18)12-8-7-11-17-14(12)16(4,5)6/h7-8,11,13,18H,9-10H2,1-6H3/t13-/m0/s1. The Morgan fingerprint density at radius 1 is 1.17 bits per heavy atom. The van der Waals surface area contributed by atoms with Crippen molar-refractivity contribution in [1.82, 2.24) is 4.98 Å². The SMILES string of the molecule is CC(C)(C)CC[C@H](O)c1cccnc1C(C)(C)C. The van der Waals surface area contributed by atoms with Crippen LogP contribution in [0.1, 0.15) is 71.7 Å². The normalized spacial score (nSPS) is 14.6. The average molecular weight is 249 g/mol. The van der Waals surface area contributed by atoms with Gasteiger partial charge in [-0.05, 0) is 24.3 Å². The minimum Gasteiger partial charge on any atom is -0.388 e. The van der Waals surface area contributed by atoms with E-state index in [9.17, 15) is 5.11 Å². The number of hydrogen-bond acceptors (Lipinski definition) is 2. The Bertz CT molecular complexity index is 385. The number of pyridine rings is 1. The molecule has 1 atom stereocenters. The smallest absolute Gasteiger partial charge is 0.0808 e. The maximum atomic E-state index is 10.4. The molecule has 0 aliphatic rings. The highest BCUT2D eigenvalue weighted by Crippen LogP contribution is 2.32. The Morgan fingerprint density at radius 3 is 2.28 bits per heavy atom. The number of rotatable bonds is 3. The summed E-state index contributed by atoms with van der Waals surface area (Å²) in [5.41, 5.74) is 2.21. The molecular formula is C16H27NO. The van der Waals surface area contributed by atoms with Gasteiger partial charge in [-0.2, -0.15) is 0 Å². The molecule has 1 aromatic rings. The second kappa shape index (κ2) is 5.40. The van der Waals surface area contributed by atoms with E-state index in [-0.39, 0.29) is 10.8 Å². The molecule has 0 amide bonds. The molecule has 2 heteroatoms. The molecule has 18 heavy (non-hydrogen) atoms. The molecule has 1 heterocycles. The summed E-state index contributed by atoms with van der Waals surface area (Å²) in [4.78, 5) is 4.46. The number of aromatic nitrogens is 1. The van der Waals surface area contributed by atoms with E-state index in [4.69, 9.17) is 0 Å². The monoisotopic (exact) mass is 249 g/mol. The third kappa shape index (κ3) is 4.41. The van der Waals surface area contributed by atoms with E-state index < -0.39 is 6.10 Å². The average Bonchev–Trinajstić information content (AvgIpc) is 2.24. The number of aliphatic hydroxyl groups is 1. The van der Waals surface area contributed by atoms with Crippen LogP contribution in [0, 0.1) is 5.41 Å². The highest BCUT2D eigenvalue weighted by atomic mass is 16.3. The fourth-order valence-electron chi connectivity index (χ4n) is 2.04. The van der Waals surface area contributed by atoms with Crippen LogP contribution < -0.4 is 0 Å². The Kier molecular flexibility index (Phi) is 4.55. The predicted octanol–water partition coefficient (Wildman–Crippen LogP) is 4.24. The molecule has 102 valence electrons. The molecule has 0 aromatic carbocycles. The van der Waals surface area contributed by atoms with E-state index in [0.29, 0.717) is 0 Å². The summed E-state index contributed by atoms with van der Waals surface area (Å²) in [7, 11) is 0. The zero-order valence-corrected chi connectivity index (χ0v) is 12.6. The van der Waals surface area contributed by atoms with Gasteiger partial charge in [-0.25, -0.2) is 0 Å². The molecule has 1 rings (SSSR count). The second-order valence-electron chi connectivity index (χ2n) is 7.31. The van der Waals surface area contributed by atoms with Crippen molar-refractivity contribution in [2.24, 2.45) is 5.41 Å². The summed E-state index contributed by atoms with van der Waals surface area (Å²) in [6.07, 6.45) is 3.19. The van der Waals surface area contributed by atoms with Gasteiger partial charge in [0.2, 0.25) is 0 Å². The zero-order valence-electron chi connectivity index (χ0n) is 12.6. The Balaban J connectivity index is 2.89. The molecule has 0 radical (unpaired) electrons. The second-order valence-corrected chi connectivity index (χ2v) is 7.31. The maximum absolute atomic E-state index is 10.4. The zero-order chi connectivity index (χ0) is 14.0. The van der Waals surface area contributed by atoms with Crippen molar-refractivity contribution in [3.8, 4) is 0 Å². The molecule has 0 spiro atoms. The molecule has 0 aliphatic heterocycles. The summed E-state index contributed by atoms with van der Waals surface area (Å²) in [5.74, 6) is 0. The van der Waals surface area contributed by atoms with Crippen LogP contribution >= 0.6 is 0 Å². The van der Waals surface area contributed by atoms with Crippen molar-refractivity contribution in [3.63, 3.8) is 0 Å². The first-order valence-electron chi connectivity index (χ1n) is 6.75. The van der Waals surface area contributed by atoms with Crippen molar-refractivity contribution in [3.05, 3.63) is 29.6 Å². The van der Waals surface area contributed by atoms with Crippen LogP contribution in [0.15, 0.2) is 18.3 Å². The Labute approximate surface area is 111 Å². The summed E-state index contributed by atoms with van der Waals surface area (Å²) in [5, 5.41) is 10.4. The quantitative estimate of drug-likeness (QED) is 0.869. The van der Waals surface area contributed by atoms with Gasteiger partial charge in [0.15, 0.2) is 0 Å². The summed E-state index contributed by atoms with van der Waals surface area (Å²) >= 11 is 0. The van der Waals surface area contributed by atoms with E-state index in [1.165, 1.54) is 0 Å². The van der Waals surface area contributed by atoms with Crippen molar-refractivity contribution < 1.29 is 5.11 Å². The first-order chi connectivity index (χ1) is 8.11. The molecule has 0 aliphatic carbocycles. The highest BCUT2D eigenvalue weighted by Gasteiger charge is 2.23. The third-order valence-electron chi connectivity index (χ3n) is 3.08. The van der Waals surface area contributed by atoms with Gasteiger partial charge in [-0.3, -0.25) is 4.98 Å². The lowest BCUT2D eigenvalue weighted by molar-refractivity contribution is 0.145. The van der Waals surface area contributed by atoms with E-state index in [1.54, 1.807) is 6.20 Å². The molecule has 1 N–H and O–H groups in total. The van der Waals surface area contributed by atoms with Gasteiger partial charge in [0.25, 0.3) is 0 Å². The Hall–Kier alpha value is -0.890. The third-order valence-corrected chi connectivity index (χ3v) is 3.08. The van der Waals surface area contributed by atoms with Crippen LogP contribution in [0.5, 0.6) is 0 Å². The number of nitrogens with zero attached hydrogens (tertiary/aromatic N) is 1. The fourth-order valence-corrected chi connectivity index (χ4v) is 2.04. The molecular weight excluding hydrogens is 222 g/mol. The van der Waals surface area contributed by atoms with Crippen LogP contribution in [0.4, 0.5) is 0 Å². The minimum atomic E-state index is -0.410. The van der Waals surface area contributed by atoms with Crippen LogP contribution in [0.2, 0.25) is 0 Å². The molecule has 0 fully saturated rings.